The van der Waals surface area contributed by atoms with Crippen molar-refractivity contribution in [3.63, 3.8) is 0 Å². The third kappa shape index (κ3) is 6.02. The Labute approximate surface area is 197 Å². The van der Waals surface area contributed by atoms with Gasteiger partial charge in [-0.25, -0.2) is 8.42 Å². The molecular formula is C27H32N2O3S. The van der Waals surface area contributed by atoms with Crippen LogP contribution in [0.3, 0.4) is 0 Å². The predicted molar refractivity (Wildman–Crippen MR) is 134 cm³/mol. The lowest BCUT2D eigenvalue weighted by atomic mass is 10.0. The highest BCUT2D eigenvalue weighted by Gasteiger charge is 2.27. The minimum absolute atomic E-state index is 0.147. The number of carbonyl (C=O) groups is 1. The molecule has 0 aliphatic rings. The summed E-state index contributed by atoms with van der Waals surface area (Å²) in [4.78, 5) is 13.1. The summed E-state index contributed by atoms with van der Waals surface area (Å²) in [7, 11) is -3.92. The summed E-state index contributed by atoms with van der Waals surface area (Å²) < 4.78 is 28.1. The van der Waals surface area contributed by atoms with Crippen LogP contribution in [-0.4, -0.2) is 20.9 Å². The number of hydrogen-bond donors (Lipinski definition) is 1. The van der Waals surface area contributed by atoms with Crippen LogP contribution in [0.15, 0.2) is 83.8 Å². The quantitative estimate of drug-likeness (QED) is 0.458. The summed E-state index contributed by atoms with van der Waals surface area (Å²) in [6.07, 6.45) is 0.947. The van der Waals surface area contributed by atoms with Gasteiger partial charge >= 0.3 is 0 Å². The second-order valence-corrected chi connectivity index (χ2v) is 10.3. The van der Waals surface area contributed by atoms with E-state index in [9.17, 15) is 13.2 Å². The second kappa shape index (κ2) is 10.7. The molecule has 0 aliphatic heterocycles. The van der Waals surface area contributed by atoms with E-state index in [4.69, 9.17) is 0 Å². The van der Waals surface area contributed by atoms with Crippen molar-refractivity contribution in [3.8, 4) is 0 Å². The molecule has 0 aliphatic carbocycles. The molecule has 0 spiro atoms. The monoisotopic (exact) mass is 464 g/mol. The van der Waals surface area contributed by atoms with Gasteiger partial charge in [0, 0.05) is 0 Å². The first-order valence-corrected chi connectivity index (χ1v) is 12.7. The van der Waals surface area contributed by atoms with Gasteiger partial charge in [-0.05, 0) is 60.2 Å². The van der Waals surface area contributed by atoms with E-state index in [0.717, 1.165) is 17.5 Å². The lowest BCUT2D eigenvalue weighted by molar-refractivity contribution is -0.120. The van der Waals surface area contributed by atoms with E-state index in [1.807, 2.05) is 43.3 Å². The highest BCUT2D eigenvalue weighted by Crippen LogP contribution is 2.26. The Bertz CT molecular complexity index is 1160. The van der Waals surface area contributed by atoms with Crippen molar-refractivity contribution in [1.29, 1.82) is 0 Å². The number of sulfonamides is 1. The van der Waals surface area contributed by atoms with Gasteiger partial charge in [0.25, 0.3) is 10.0 Å². The molecule has 0 fully saturated rings. The maximum absolute atomic E-state index is 13.5. The lowest BCUT2D eigenvalue weighted by Crippen LogP contribution is -2.41. The van der Waals surface area contributed by atoms with Gasteiger partial charge in [-0.3, -0.25) is 9.10 Å². The summed E-state index contributed by atoms with van der Waals surface area (Å²) in [5, 5.41) is 2.94. The van der Waals surface area contributed by atoms with Crippen LogP contribution in [0, 0.1) is 0 Å². The Morgan fingerprint density at radius 1 is 0.848 bits per heavy atom. The number of carbonyl (C=O) groups excluding carboxylic acids is 1. The summed E-state index contributed by atoms with van der Waals surface area (Å²) >= 11 is 0. The molecule has 0 aromatic heterocycles. The fourth-order valence-corrected chi connectivity index (χ4v) is 5.05. The fourth-order valence-electron chi connectivity index (χ4n) is 3.60. The zero-order chi connectivity index (χ0) is 24.0. The molecule has 1 amide bonds. The van der Waals surface area contributed by atoms with Crippen molar-refractivity contribution in [3.05, 3.63) is 95.6 Å². The number of nitrogens with zero attached hydrogens (tertiary/aromatic N) is 1. The van der Waals surface area contributed by atoms with Crippen LogP contribution in [-0.2, 0) is 21.2 Å². The third-order valence-corrected chi connectivity index (χ3v) is 7.52. The van der Waals surface area contributed by atoms with E-state index in [-0.39, 0.29) is 23.4 Å². The largest absolute Gasteiger partial charge is 0.348 e. The molecule has 5 nitrogen and oxygen atoms in total. The number of amides is 1. The molecule has 1 atom stereocenters. The zero-order valence-corrected chi connectivity index (χ0v) is 20.5. The topological polar surface area (TPSA) is 66.5 Å². The van der Waals surface area contributed by atoms with Crippen LogP contribution in [0.25, 0.3) is 0 Å². The first kappa shape index (κ1) is 24.5. The van der Waals surface area contributed by atoms with Crippen molar-refractivity contribution >= 4 is 21.6 Å². The Morgan fingerprint density at radius 2 is 1.42 bits per heavy atom. The van der Waals surface area contributed by atoms with E-state index in [1.54, 1.807) is 42.5 Å². The Hall–Kier alpha value is -3.12. The van der Waals surface area contributed by atoms with Gasteiger partial charge < -0.3 is 5.32 Å². The van der Waals surface area contributed by atoms with Crippen LogP contribution in [0.2, 0.25) is 0 Å². The summed E-state index contributed by atoms with van der Waals surface area (Å²) in [6.45, 7) is 7.84. The average molecular weight is 465 g/mol. The Kier molecular flexibility index (Phi) is 7.92. The molecule has 33 heavy (non-hydrogen) atoms. The minimum atomic E-state index is -3.92. The normalized spacial score (nSPS) is 12.4. The molecule has 1 N–H and O–H groups in total. The molecule has 0 unspecified atom stereocenters. The van der Waals surface area contributed by atoms with Crippen molar-refractivity contribution in [2.75, 3.05) is 10.8 Å². The van der Waals surface area contributed by atoms with Crippen LogP contribution < -0.4 is 9.62 Å². The standard InChI is InChI=1S/C27H32N2O3S/c1-5-22-11-13-24(14-12-22)21(4)28-27(30)19-29(25-17-15-23(16-18-25)20(2)3)33(31,32)26-9-7-6-8-10-26/h6-18,20-21H,5,19H2,1-4H3,(H,28,30)/t21-/m1/s1. The summed E-state index contributed by atoms with van der Waals surface area (Å²) in [5.74, 6) is -0.0454. The summed E-state index contributed by atoms with van der Waals surface area (Å²) in [6, 6.07) is 23.4. The number of nitrogens with one attached hydrogen (secondary N) is 1. The fraction of sp³-hybridized carbons (Fsp3) is 0.296. The van der Waals surface area contributed by atoms with E-state index < -0.39 is 10.0 Å². The van der Waals surface area contributed by atoms with E-state index in [2.05, 4.69) is 26.1 Å². The first-order valence-electron chi connectivity index (χ1n) is 11.3. The molecule has 3 aromatic rings. The van der Waals surface area contributed by atoms with Gasteiger partial charge in [0.1, 0.15) is 6.54 Å². The average Bonchev–Trinajstić information content (AvgIpc) is 2.83. The molecule has 3 rings (SSSR count). The van der Waals surface area contributed by atoms with Crippen LogP contribution in [0.4, 0.5) is 5.69 Å². The van der Waals surface area contributed by atoms with Crippen LogP contribution in [0.5, 0.6) is 0 Å². The first-order chi connectivity index (χ1) is 15.7. The highest BCUT2D eigenvalue weighted by molar-refractivity contribution is 7.92. The molecule has 0 heterocycles. The lowest BCUT2D eigenvalue weighted by Gasteiger charge is -2.25. The number of rotatable bonds is 9. The Morgan fingerprint density at radius 3 is 1.97 bits per heavy atom. The SMILES string of the molecule is CCc1ccc([C@@H](C)NC(=O)CN(c2ccc(C(C)C)cc2)S(=O)(=O)c2ccccc2)cc1. The molecule has 6 heteroatoms. The molecule has 0 bridgehead atoms. The number of benzene rings is 3. The van der Waals surface area contributed by atoms with Gasteiger partial charge in [-0.2, -0.15) is 0 Å². The van der Waals surface area contributed by atoms with Crippen molar-refractivity contribution in [2.24, 2.45) is 0 Å². The highest BCUT2D eigenvalue weighted by atomic mass is 32.2. The maximum Gasteiger partial charge on any atom is 0.264 e. The van der Waals surface area contributed by atoms with E-state index in [1.165, 1.54) is 9.87 Å². The molecule has 174 valence electrons. The van der Waals surface area contributed by atoms with Crippen molar-refractivity contribution in [2.45, 2.75) is 51.0 Å². The maximum atomic E-state index is 13.5. The minimum Gasteiger partial charge on any atom is -0.348 e. The van der Waals surface area contributed by atoms with Crippen molar-refractivity contribution in [1.82, 2.24) is 5.32 Å². The molecule has 0 saturated carbocycles. The van der Waals surface area contributed by atoms with E-state index >= 15 is 0 Å². The van der Waals surface area contributed by atoms with Crippen LogP contribution >= 0.6 is 0 Å². The van der Waals surface area contributed by atoms with Gasteiger partial charge in [0.05, 0.1) is 16.6 Å². The van der Waals surface area contributed by atoms with Crippen LogP contribution in [0.1, 0.15) is 56.3 Å². The molecule has 0 saturated heterocycles. The smallest absolute Gasteiger partial charge is 0.264 e. The van der Waals surface area contributed by atoms with E-state index in [0.29, 0.717) is 11.6 Å². The van der Waals surface area contributed by atoms with Gasteiger partial charge in [0.15, 0.2) is 0 Å². The molecule has 3 aromatic carbocycles. The number of aryl methyl sites for hydroxylation is 1. The predicted octanol–water partition coefficient (Wildman–Crippen LogP) is 5.45. The third-order valence-electron chi connectivity index (χ3n) is 5.73. The molecular weight excluding hydrogens is 432 g/mol. The molecule has 0 radical (unpaired) electrons. The number of anilines is 1. The summed E-state index contributed by atoms with van der Waals surface area (Å²) in [5.41, 5.74) is 3.75. The van der Waals surface area contributed by atoms with Crippen molar-refractivity contribution < 1.29 is 13.2 Å². The Balaban J connectivity index is 1.86. The zero-order valence-electron chi connectivity index (χ0n) is 19.7. The second-order valence-electron chi connectivity index (χ2n) is 8.46. The van der Waals surface area contributed by atoms with Gasteiger partial charge in [0.2, 0.25) is 5.91 Å². The number of hydrogen-bond acceptors (Lipinski definition) is 3. The van der Waals surface area contributed by atoms with Gasteiger partial charge in [-0.1, -0.05) is 75.4 Å². The van der Waals surface area contributed by atoms with Gasteiger partial charge in [-0.15, -0.1) is 0 Å².